The van der Waals surface area contributed by atoms with Gasteiger partial charge in [-0.05, 0) is 20.3 Å². The molecule has 96 valence electrons. The quantitative estimate of drug-likeness (QED) is 0.488. The van der Waals surface area contributed by atoms with Crippen molar-refractivity contribution in [3.63, 3.8) is 0 Å². The minimum absolute atomic E-state index is 0.177. The Morgan fingerprint density at radius 2 is 1.69 bits per heavy atom. The first-order valence-electron chi connectivity index (χ1n) is 6.42. The van der Waals surface area contributed by atoms with Crippen molar-refractivity contribution in [1.82, 2.24) is 0 Å². The molecule has 3 nitrogen and oxygen atoms in total. The third-order valence-electron chi connectivity index (χ3n) is 2.79. The molecule has 0 aromatic rings. The number of unbranched alkanes of at least 4 members (excludes halogenated alkanes) is 5. The van der Waals surface area contributed by atoms with Crippen molar-refractivity contribution in [3.05, 3.63) is 0 Å². The second-order valence-corrected chi connectivity index (χ2v) is 4.99. The van der Waals surface area contributed by atoms with E-state index in [2.05, 4.69) is 6.92 Å². The largest absolute Gasteiger partial charge is 0.465 e. The van der Waals surface area contributed by atoms with Crippen molar-refractivity contribution in [3.8, 4) is 0 Å². The molecule has 0 spiro atoms. The molecule has 3 heteroatoms. The van der Waals surface area contributed by atoms with Crippen LogP contribution < -0.4 is 5.73 Å². The molecule has 0 rings (SSSR count). The molecule has 16 heavy (non-hydrogen) atoms. The number of carbonyl (C=O) groups is 1. The van der Waals surface area contributed by atoms with E-state index in [9.17, 15) is 4.79 Å². The van der Waals surface area contributed by atoms with E-state index < -0.39 is 5.41 Å². The second kappa shape index (κ2) is 8.57. The summed E-state index contributed by atoms with van der Waals surface area (Å²) in [6.07, 6.45) is 7.22. The third kappa shape index (κ3) is 6.83. The van der Waals surface area contributed by atoms with Crippen LogP contribution in [0.5, 0.6) is 0 Å². The number of rotatable bonds is 9. The van der Waals surface area contributed by atoms with E-state index in [-0.39, 0.29) is 5.97 Å². The van der Waals surface area contributed by atoms with E-state index in [4.69, 9.17) is 10.5 Å². The van der Waals surface area contributed by atoms with Gasteiger partial charge in [-0.1, -0.05) is 39.0 Å². The Balaban J connectivity index is 3.42. The first-order chi connectivity index (χ1) is 7.54. The van der Waals surface area contributed by atoms with Crippen LogP contribution in [0.25, 0.3) is 0 Å². The monoisotopic (exact) mass is 229 g/mol. The zero-order valence-electron chi connectivity index (χ0n) is 11.1. The van der Waals surface area contributed by atoms with Crippen molar-refractivity contribution in [2.45, 2.75) is 59.3 Å². The Labute approximate surface area is 99.7 Å². The summed E-state index contributed by atoms with van der Waals surface area (Å²) in [5.41, 5.74) is 4.95. The van der Waals surface area contributed by atoms with E-state index >= 15 is 0 Å². The molecule has 0 fully saturated rings. The molecule has 0 radical (unpaired) electrons. The summed E-state index contributed by atoms with van der Waals surface area (Å²) < 4.78 is 5.19. The first-order valence-corrected chi connectivity index (χ1v) is 6.42. The molecule has 0 heterocycles. The van der Waals surface area contributed by atoms with Gasteiger partial charge in [0.25, 0.3) is 0 Å². The van der Waals surface area contributed by atoms with Crippen LogP contribution in [-0.4, -0.2) is 19.1 Å². The van der Waals surface area contributed by atoms with Crippen molar-refractivity contribution in [2.24, 2.45) is 11.1 Å². The van der Waals surface area contributed by atoms with Crippen molar-refractivity contribution in [2.75, 3.05) is 13.2 Å². The average Bonchev–Trinajstić information content (AvgIpc) is 2.27. The Kier molecular flexibility index (Phi) is 8.26. The van der Waals surface area contributed by atoms with Gasteiger partial charge in [0.1, 0.15) is 0 Å². The molecule has 0 aromatic carbocycles. The summed E-state index contributed by atoms with van der Waals surface area (Å²) in [4.78, 5) is 11.5. The van der Waals surface area contributed by atoms with E-state index in [0.717, 1.165) is 12.8 Å². The Hall–Kier alpha value is -0.570. The first kappa shape index (κ1) is 15.4. The van der Waals surface area contributed by atoms with Gasteiger partial charge < -0.3 is 10.5 Å². The van der Waals surface area contributed by atoms with E-state index in [0.29, 0.717) is 13.2 Å². The molecular weight excluding hydrogens is 202 g/mol. The van der Waals surface area contributed by atoms with Crippen LogP contribution in [0.3, 0.4) is 0 Å². The van der Waals surface area contributed by atoms with Gasteiger partial charge in [0, 0.05) is 6.54 Å². The van der Waals surface area contributed by atoms with Crippen LogP contribution in [0.15, 0.2) is 0 Å². The fourth-order valence-electron chi connectivity index (χ4n) is 1.33. The molecule has 0 aliphatic heterocycles. The minimum Gasteiger partial charge on any atom is -0.465 e. The summed E-state index contributed by atoms with van der Waals surface area (Å²) >= 11 is 0. The summed E-state index contributed by atoms with van der Waals surface area (Å²) in [6.45, 7) is 6.71. The van der Waals surface area contributed by atoms with Crippen LogP contribution in [0.1, 0.15) is 59.3 Å². The predicted octanol–water partition coefficient (Wildman–Crippen LogP) is 2.88. The molecular formula is C13H27NO2. The van der Waals surface area contributed by atoms with Gasteiger partial charge in [0.15, 0.2) is 0 Å². The Morgan fingerprint density at radius 1 is 1.12 bits per heavy atom. The van der Waals surface area contributed by atoms with Gasteiger partial charge in [-0.25, -0.2) is 0 Å². The highest BCUT2D eigenvalue weighted by Gasteiger charge is 2.27. The van der Waals surface area contributed by atoms with E-state index in [1.807, 2.05) is 13.8 Å². The van der Waals surface area contributed by atoms with Gasteiger partial charge >= 0.3 is 5.97 Å². The normalized spacial score (nSPS) is 11.5. The lowest BCUT2D eigenvalue weighted by molar-refractivity contribution is -0.153. The molecule has 0 atom stereocenters. The molecule has 0 aromatic heterocycles. The maximum atomic E-state index is 11.5. The number of carbonyl (C=O) groups excluding carboxylic acids is 1. The molecule has 0 aliphatic rings. The molecule has 0 saturated heterocycles. The fraction of sp³-hybridized carbons (Fsp3) is 0.923. The van der Waals surface area contributed by atoms with Crippen LogP contribution in [0.4, 0.5) is 0 Å². The molecule has 0 aliphatic carbocycles. The SMILES string of the molecule is CCCCCCCCOC(=O)C(C)(C)CN. The molecule has 2 N–H and O–H groups in total. The van der Waals surface area contributed by atoms with Crippen LogP contribution in [-0.2, 0) is 9.53 Å². The summed E-state index contributed by atoms with van der Waals surface area (Å²) in [5.74, 6) is -0.177. The van der Waals surface area contributed by atoms with Gasteiger partial charge in [0.05, 0.1) is 12.0 Å². The maximum Gasteiger partial charge on any atom is 0.312 e. The summed E-state index contributed by atoms with van der Waals surface area (Å²) in [7, 11) is 0. The summed E-state index contributed by atoms with van der Waals surface area (Å²) in [5, 5.41) is 0. The Bertz CT molecular complexity index is 190. The van der Waals surface area contributed by atoms with E-state index in [1.165, 1.54) is 25.7 Å². The smallest absolute Gasteiger partial charge is 0.312 e. The molecule has 0 unspecified atom stereocenters. The Morgan fingerprint density at radius 3 is 2.25 bits per heavy atom. The lowest BCUT2D eigenvalue weighted by Crippen LogP contribution is -2.34. The van der Waals surface area contributed by atoms with Crippen LogP contribution in [0, 0.1) is 5.41 Å². The fourth-order valence-corrected chi connectivity index (χ4v) is 1.33. The van der Waals surface area contributed by atoms with Gasteiger partial charge in [0.2, 0.25) is 0 Å². The second-order valence-electron chi connectivity index (χ2n) is 4.99. The van der Waals surface area contributed by atoms with Crippen molar-refractivity contribution in [1.29, 1.82) is 0 Å². The zero-order chi connectivity index (χ0) is 12.4. The molecule has 0 bridgehead atoms. The maximum absolute atomic E-state index is 11.5. The third-order valence-corrected chi connectivity index (χ3v) is 2.79. The van der Waals surface area contributed by atoms with Gasteiger partial charge in [-0.3, -0.25) is 4.79 Å². The lowest BCUT2D eigenvalue weighted by atomic mass is 9.94. The van der Waals surface area contributed by atoms with Gasteiger partial charge in [-0.15, -0.1) is 0 Å². The number of ether oxygens (including phenoxy) is 1. The van der Waals surface area contributed by atoms with Crippen molar-refractivity contribution < 1.29 is 9.53 Å². The van der Waals surface area contributed by atoms with E-state index in [1.54, 1.807) is 0 Å². The highest BCUT2D eigenvalue weighted by atomic mass is 16.5. The van der Waals surface area contributed by atoms with Crippen LogP contribution >= 0.6 is 0 Å². The van der Waals surface area contributed by atoms with Crippen LogP contribution in [0.2, 0.25) is 0 Å². The standard InChI is InChI=1S/C13H27NO2/c1-4-5-6-7-8-9-10-16-12(15)13(2,3)11-14/h4-11,14H2,1-3H3. The zero-order valence-corrected chi connectivity index (χ0v) is 11.1. The minimum atomic E-state index is -0.539. The predicted molar refractivity (Wildman–Crippen MR) is 67.2 cm³/mol. The van der Waals surface area contributed by atoms with Gasteiger partial charge in [-0.2, -0.15) is 0 Å². The highest BCUT2D eigenvalue weighted by Crippen LogP contribution is 2.15. The number of esters is 1. The number of hydrogen-bond donors (Lipinski definition) is 1. The molecule has 0 saturated carbocycles. The number of nitrogens with two attached hydrogens (primary N) is 1. The lowest BCUT2D eigenvalue weighted by Gasteiger charge is -2.19. The summed E-state index contributed by atoms with van der Waals surface area (Å²) in [6, 6.07) is 0. The molecule has 0 amide bonds. The highest BCUT2D eigenvalue weighted by molar-refractivity contribution is 5.76. The van der Waals surface area contributed by atoms with Crippen molar-refractivity contribution >= 4 is 5.97 Å². The topological polar surface area (TPSA) is 52.3 Å². The average molecular weight is 229 g/mol. The number of hydrogen-bond acceptors (Lipinski definition) is 3.